The van der Waals surface area contributed by atoms with E-state index in [1.165, 1.54) is 0 Å². The first-order valence-corrected chi connectivity index (χ1v) is 7.80. The summed E-state index contributed by atoms with van der Waals surface area (Å²) >= 11 is 0. The van der Waals surface area contributed by atoms with Crippen molar-refractivity contribution in [1.82, 2.24) is 9.55 Å². The molecule has 0 aliphatic carbocycles. The predicted octanol–water partition coefficient (Wildman–Crippen LogP) is 2.77. The van der Waals surface area contributed by atoms with Gasteiger partial charge in [-0.2, -0.15) is 0 Å². The molecule has 2 aromatic carbocycles. The van der Waals surface area contributed by atoms with Crippen LogP contribution in [0.15, 0.2) is 53.3 Å². The Balaban J connectivity index is 2.09. The van der Waals surface area contributed by atoms with E-state index in [0.29, 0.717) is 17.8 Å². The summed E-state index contributed by atoms with van der Waals surface area (Å²) in [6.07, 6.45) is 0.0258. The number of nitrogens with zero attached hydrogens (tertiary/aromatic N) is 2. The van der Waals surface area contributed by atoms with Gasteiger partial charge in [-0.3, -0.25) is 9.59 Å². The zero-order valence-corrected chi connectivity index (χ0v) is 13.4. The Morgan fingerprint density at radius 3 is 2.54 bits per heavy atom. The highest BCUT2D eigenvalue weighted by molar-refractivity contribution is 5.75. The van der Waals surface area contributed by atoms with Gasteiger partial charge < -0.3 is 9.67 Å². The Labute approximate surface area is 139 Å². The monoisotopic (exact) mass is 322 g/mol. The largest absolute Gasteiger partial charge is 0.481 e. The molecular weight excluding hydrogens is 304 g/mol. The minimum absolute atomic E-state index is 0.106. The topological polar surface area (TPSA) is 72.2 Å². The van der Waals surface area contributed by atoms with Gasteiger partial charge in [0.1, 0.15) is 5.69 Å². The molecule has 1 aromatic heterocycles. The third-order valence-electron chi connectivity index (χ3n) is 3.96. The van der Waals surface area contributed by atoms with Gasteiger partial charge in [-0.05, 0) is 24.6 Å². The van der Waals surface area contributed by atoms with Gasteiger partial charge in [0.05, 0.1) is 24.0 Å². The molecule has 1 N–H and O–H groups in total. The fourth-order valence-electron chi connectivity index (χ4n) is 2.67. The van der Waals surface area contributed by atoms with E-state index in [9.17, 15) is 9.59 Å². The summed E-state index contributed by atoms with van der Waals surface area (Å²) < 4.78 is 1.67. The van der Waals surface area contributed by atoms with Crippen molar-refractivity contribution in [3.63, 3.8) is 0 Å². The number of para-hydroxylation sites is 2. The minimum atomic E-state index is -0.936. The van der Waals surface area contributed by atoms with Crippen molar-refractivity contribution in [2.24, 2.45) is 0 Å². The second kappa shape index (κ2) is 6.66. The molecule has 0 saturated carbocycles. The number of hydrogen-bond donors (Lipinski definition) is 1. The number of aliphatic carboxylic acids is 1. The van der Waals surface area contributed by atoms with Crippen LogP contribution in [0.4, 0.5) is 0 Å². The van der Waals surface area contributed by atoms with E-state index in [0.717, 1.165) is 16.6 Å². The number of aryl methyl sites for hydroxylation is 2. The lowest BCUT2D eigenvalue weighted by molar-refractivity contribution is -0.136. The molecule has 122 valence electrons. The third kappa shape index (κ3) is 3.35. The fraction of sp³-hybridized carbons (Fsp3) is 0.211. The molecule has 5 nitrogen and oxygen atoms in total. The van der Waals surface area contributed by atoms with E-state index in [1.807, 2.05) is 55.5 Å². The summed E-state index contributed by atoms with van der Waals surface area (Å²) in [6, 6.07) is 15.4. The van der Waals surface area contributed by atoms with Crippen LogP contribution >= 0.6 is 0 Å². The number of fused-ring (bicyclic) bond motifs is 1. The summed E-state index contributed by atoms with van der Waals surface area (Å²) in [4.78, 5) is 28.0. The lowest BCUT2D eigenvalue weighted by atomic mass is 10.1. The minimum Gasteiger partial charge on any atom is -0.481 e. The molecule has 5 heteroatoms. The summed E-state index contributed by atoms with van der Waals surface area (Å²) in [7, 11) is 0. The molecule has 0 aliphatic heterocycles. The molecule has 3 rings (SSSR count). The molecule has 0 amide bonds. The highest BCUT2D eigenvalue weighted by Crippen LogP contribution is 2.13. The number of carbonyl (C=O) groups is 1. The van der Waals surface area contributed by atoms with Crippen LogP contribution in [0.2, 0.25) is 0 Å². The van der Waals surface area contributed by atoms with E-state index in [4.69, 9.17) is 5.11 Å². The van der Waals surface area contributed by atoms with Gasteiger partial charge in [0.2, 0.25) is 0 Å². The van der Waals surface area contributed by atoms with Gasteiger partial charge in [0.15, 0.2) is 0 Å². The van der Waals surface area contributed by atoms with Crippen LogP contribution in [0.3, 0.4) is 0 Å². The van der Waals surface area contributed by atoms with Gasteiger partial charge in [-0.25, -0.2) is 4.98 Å². The number of rotatable bonds is 5. The molecule has 0 unspecified atom stereocenters. The van der Waals surface area contributed by atoms with Crippen LogP contribution in [0.5, 0.6) is 0 Å². The standard InChI is InChI=1S/C19H18N2O3/c1-13-6-8-14(9-7-13)12-21-17-5-3-2-4-15(17)20-16(19(21)24)10-11-18(22)23/h2-9H,10-12H2,1H3,(H,22,23). The van der Waals surface area contributed by atoms with Crippen LogP contribution in [0.25, 0.3) is 11.0 Å². The molecule has 0 saturated heterocycles. The van der Waals surface area contributed by atoms with Crippen LogP contribution < -0.4 is 5.56 Å². The van der Waals surface area contributed by atoms with Crippen LogP contribution in [-0.4, -0.2) is 20.6 Å². The van der Waals surface area contributed by atoms with Crippen molar-refractivity contribution in [2.75, 3.05) is 0 Å². The predicted molar refractivity (Wildman–Crippen MR) is 92.2 cm³/mol. The maximum atomic E-state index is 12.8. The van der Waals surface area contributed by atoms with Crippen molar-refractivity contribution in [1.29, 1.82) is 0 Å². The Morgan fingerprint density at radius 2 is 1.83 bits per heavy atom. The molecule has 0 fully saturated rings. The Kier molecular flexibility index (Phi) is 4.42. The molecule has 0 aliphatic rings. The van der Waals surface area contributed by atoms with Crippen molar-refractivity contribution in [2.45, 2.75) is 26.3 Å². The van der Waals surface area contributed by atoms with E-state index in [2.05, 4.69) is 4.98 Å². The molecular formula is C19H18N2O3. The maximum absolute atomic E-state index is 12.8. The first-order valence-electron chi connectivity index (χ1n) is 7.80. The Bertz CT molecular complexity index is 943. The molecule has 3 aromatic rings. The zero-order chi connectivity index (χ0) is 17.1. The quantitative estimate of drug-likeness (QED) is 0.784. The van der Waals surface area contributed by atoms with Gasteiger partial charge in [0.25, 0.3) is 5.56 Å². The molecule has 0 radical (unpaired) electrons. The molecule has 0 atom stereocenters. The van der Waals surface area contributed by atoms with E-state index >= 15 is 0 Å². The lowest BCUT2D eigenvalue weighted by Gasteiger charge is -2.12. The van der Waals surface area contributed by atoms with E-state index in [1.54, 1.807) is 4.57 Å². The average Bonchev–Trinajstić information content (AvgIpc) is 2.57. The van der Waals surface area contributed by atoms with E-state index in [-0.39, 0.29) is 18.4 Å². The summed E-state index contributed by atoms with van der Waals surface area (Å²) in [5.74, 6) is -0.936. The molecule has 1 heterocycles. The fourth-order valence-corrected chi connectivity index (χ4v) is 2.67. The van der Waals surface area contributed by atoms with Gasteiger partial charge >= 0.3 is 5.97 Å². The van der Waals surface area contributed by atoms with Crippen molar-refractivity contribution < 1.29 is 9.90 Å². The molecule has 0 bridgehead atoms. The van der Waals surface area contributed by atoms with Crippen molar-refractivity contribution in [3.05, 3.63) is 75.7 Å². The highest BCUT2D eigenvalue weighted by Gasteiger charge is 2.12. The summed E-state index contributed by atoms with van der Waals surface area (Å²) in [6.45, 7) is 2.45. The van der Waals surface area contributed by atoms with Crippen LogP contribution in [0.1, 0.15) is 23.2 Å². The first-order chi connectivity index (χ1) is 11.5. The normalized spacial score (nSPS) is 10.9. The number of carboxylic acid groups (broad SMARTS) is 1. The second-order valence-electron chi connectivity index (χ2n) is 5.82. The number of carboxylic acids is 1. The number of hydrogen-bond acceptors (Lipinski definition) is 3. The molecule has 24 heavy (non-hydrogen) atoms. The summed E-state index contributed by atoms with van der Waals surface area (Å²) in [5.41, 5.74) is 3.70. The first kappa shape index (κ1) is 15.9. The second-order valence-corrected chi connectivity index (χ2v) is 5.82. The Morgan fingerprint density at radius 1 is 1.12 bits per heavy atom. The van der Waals surface area contributed by atoms with Crippen LogP contribution in [-0.2, 0) is 17.8 Å². The van der Waals surface area contributed by atoms with Gasteiger partial charge in [-0.15, -0.1) is 0 Å². The zero-order valence-electron chi connectivity index (χ0n) is 13.4. The van der Waals surface area contributed by atoms with Crippen molar-refractivity contribution in [3.8, 4) is 0 Å². The smallest absolute Gasteiger partial charge is 0.303 e. The van der Waals surface area contributed by atoms with Gasteiger partial charge in [-0.1, -0.05) is 42.0 Å². The highest BCUT2D eigenvalue weighted by atomic mass is 16.4. The van der Waals surface area contributed by atoms with Gasteiger partial charge in [0, 0.05) is 6.42 Å². The molecule has 0 spiro atoms. The SMILES string of the molecule is Cc1ccc(Cn2c(=O)c(CCC(=O)O)nc3ccccc32)cc1. The Hall–Kier alpha value is -2.95. The number of aromatic nitrogens is 2. The average molecular weight is 322 g/mol. The van der Waals surface area contributed by atoms with Crippen molar-refractivity contribution >= 4 is 17.0 Å². The maximum Gasteiger partial charge on any atom is 0.303 e. The lowest BCUT2D eigenvalue weighted by Crippen LogP contribution is -2.26. The number of benzene rings is 2. The van der Waals surface area contributed by atoms with Crippen LogP contribution in [0, 0.1) is 6.92 Å². The van der Waals surface area contributed by atoms with E-state index < -0.39 is 5.97 Å². The summed E-state index contributed by atoms with van der Waals surface area (Å²) in [5, 5.41) is 8.87. The third-order valence-corrected chi connectivity index (χ3v) is 3.96.